The van der Waals surface area contributed by atoms with Crippen LogP contribution in [0.2, 0.25) is 0 Å². The molecule has 106 valence electrons. The number of carboxylic acids is 1. The van der Waals surface area contributed by atoms with E-state index < -0.39 is 5.97 Å². The highest BCUT2D eigenvalue weighted by molar-refractivity contribution is 7.99. The fraction of sp³-hybridized carbons (Fsp3) is 0.714. The van der Waals surface area contributed by atoms with Crippen molar-refractivity contribution in [1.82, 2.24) is 9.55 Å². The molecule has 0 bridgehead atoms. The third-order valence-electron chi connectivity index (χ3n) is 3.92. The van der Waals surface area contributed by atoms with Gasteiger partial charge in [-0.1, -0.05) is 37.9 Å². The van der Waals surface area contributed by atoms with Gasteiger partial charge in [0.1, 0.15) is 0 Å². The summed E-state index contributed by atoms with van der Waals surface area (Å²) in [5.74, 6) is -0.0666. The molecule has 1 heterocycles. The molecule has 4 nitrogen and oxygen atoms in total. The van der Waals surface area contributed by atoms with Gasteiger partial charge in [-0.2, -0.15) is 0 Å². The van der Waals surface area contributed by atoms with Crippen molar-refractivity contribution >= 4 is 17.7 Å². The lowest BCUT2D eigenvalue weighted by atomic mass is 9.96. The Labute approximate surface area is 118 Å². The zero-order chi connectivity index (χ0) is 13.8. The molecule has 0 radical (unpaired) electrons. The van der Waals surface area contributed by atoms with Crippen molar-refractivity contribution in [2.24, 2.45) is 5.92 Å². The molecule has 1 aromatic heterocycles. The topological polar surface area (TPSA) is 55.1 Å². The molecule has 0 saturated heterocycles. The summed E-state index contributed by atoms with van der Waals surface area (Å²) in [7, 11) is 0. The van der Waals surface area contributed by atoms with Crippen LogP contribution < -0.4 is 0 Å². The van der Waals surface area contributed by atoms with Crippen molar-refractivity contribution in [3.8, 4) is 0 Å². The van der Waals surface area contributed by atoms with Gasteiger partial charge in [0.2, 0.25) is 0 Å². The number of thioether (sulfide) groups is 1. The molecule has 1 fully saturated rings. The van der Waals surface area contributed by atoms with E-state index in [0.29, 0.717) is 12.0 Å². The Morgan fingerprint density at radius 1 is 1.47 bits per heavy atom. The van der Waals surface area contributed by atoms with Gasteiger partial charge in [-0.3, -0.25) is 4.79 Å². The van der Waals surface area contributed by atoms with E-state index >= 15 is 0 Å². The Morgan fingerprint density at radius 2 is 2.21 bits per heavy atom. The average molecular weight is 282 g/mol. The molecule has 1 aliphatic rings. The third-order valence-corrected chi connectivity index (χ3v) is 4.87. The van der Waals surface area contributed by atoms with Gasteiger partial charge in [-0.15, -0.1) is 0 Å². The molecular formula is C14H22N2O2S. The van der Waals surface area contributed by atoms with Crippen molar-refractivity contribution in [3.63, 3.8) is 0 Å². The van der Waals surface area contributed by atoms with Crippen molar-refractivity contribution in [2.75, 3.05) is 5.75 Å². The van der Waals surface area contributed by atoms with E-state index in [-0.39, 0.29) is 5.75 Å². The molecule has 5 heteroatoms. The molecular weight excluding hydrogens is 260 g/mol. The zero-order valence-corrected chi connectivity index (χ0v) is 12.4. The van der Waals surface area contributed by atoms with Crippen LogP contribution in [0.5, 0.6) is 0 Å². The second-order valence-corrected chi connectivity index (χ2v) is 6.36. The van der Waals surface area contributed by atoms with Crippen LogP contribution in [0.4, 0.5) is 0 Å². The number of hydrogen-bond donors (Lipinski definition) is 1. The Morgan fingerprint density at radius 3 is 2.95 bits per heavy atom. The number of carbonyl (C=O) groups is 1. The van der Waals surface area contributed by atoms with E-state index in [1.165, 1.54) is 43.9 Å². The van der Waals surface area contributed by atoms with Crippen LogP contribution in [0.1, 0.15) is 50.8 Å². The summed E-state index contributed by atoms with van der Waals surface area (Å²) < 4.78 is 2.27. The summed E-state index contributed by atoms with van der Waals surface area (Å²) in [5, 5.41) is 9.68. The smallest absolute Gasteiger partial charge is 0.313 e. The number of nitrogens with zero attached hydrogens (tertiary/aromatic N) is 2. The van der Waals surface area contributed by atoms with Crippen LogP contribution >= 0.6 is 11.8 Å². The summed E-state index contributed by atoms with van der Waals surface area (Å²) in [4.78, 5) is 15.1. The molecule has 1 aliphatic carbocycles. The number of rotatable bonds is 4. The standard InChI is InChI=1S/C14H22N2O2S/c1-10-6-4-3-5-7-12(10)16-11(2)8-15-14(16)19-9-13(17)18/h8,10,12H,3-7,9H2,1-2H3,(H,17,18). The van der Waals surface area contributed by atoms with Crippen LogP contribution in [0.3, 0.4) is 0 Å². The van der Waals surface area contributed by atoms with Crippen LogP contribution in [0.25, 0.3) is 0 Å². The largest absolute Gasteiger partial charge is 0.481 e. The van der Waals surface area contributed by atoms with Gasteiger partial charge in [-0.05, 0) is 25.7 Å². The van der Waals surface area contributed by atoms with Crippen LogP contribution in [-0.4, -0.2) is 26.4 Å². The maximum absolute atomic E-state index is 10.7. The van der Waals surface area contributed by atoms with Crippen molar-refractivity contribution in [3.05, 3.63) is 11.9 Å². The van der Waals surface area contributed by atoms with Gasteiger partial charge in [0.25, 0.3) is 0 Å². The molecule has 19 heavy (non-hydrogen) atoms. The molecule has 1 saturated carbocycles. The summed E-state index contributed by atoms with van der Waals surface area (Å²) in [5.41, 5.74) is 1.15. The average Bonchev–Trinajstić information content (AvgIpc) is 2.58. The Hall–Kier alpha value is -0.970. The molecule has 1 aromatic rings. The van der Waals surface area contributed by atoms with Crippen LogP contribution in [0, 0.1) is 12.8 Å². The number of imidazole rings is 1. The lowest BCUT2D eigenvalue weighted by Gasteiger charge is -2.26. The predicted octanol–water partition coefficient (Wildman–Crippen LogP) is 3.51. The van der Waals surface area contributed by atoms with Crippen molar-refractivity contribution < 1.29 is 9.90 Å². The number of aliphatic carboxylic acids is 1. The first-order chi connectivity index (χ1) is 9.09. The van der Waals surface area contributed by atoms with E-state index in [9.17, 15) is 4.79 Å². The van der Waals surface area contributed by atoms with Gasteiger partial charge in [0, 0.05) is 17.9 Å². The van der Waals surface area contributed by atoms with E-state index in [1.807, 2.05) is 6.20 Å². The minimum atomic E-state index is -0.786. The second kappa shape index (κ2) is 6.46. The van der Waals surface area contributed by atoms with Crippen molar-refractivity contribution in [2.45, 2.75) is 57.1 Å². The first kappa shape index (κ1) is 14.4. The second-order valence-electron chi connectivity index (χ2n) is 5.42. The lowest BCUT2D eigenvalue weighted by Crippen LogP contribution is -2.18. The molecule has 0 aromatic carbocycles. The SMILES string of the molecule is Cc1cnc(SCC(=O)O)n1C1CCCCCC1C. The molecule has 0 spiro atoms. The van der Waals surface area contributed by atoms with Crippen LogP contribution in [-0.2, 0) is 4.79 Å². The molecule has 1 N–H and O–H groups in total. The van der Waals surface area contributed by atoms with Gasteiger partial charge >= 0.3 is 5.97 Å². The number of carboxylic acid groups (broad SMARTS) is 1. The molecule has 2 rings (SSSR count). The summed E-state index contributed by atoms with van der Waals surface area (Å²) in [6.07, 6.45) is 8.18. The maximum Gasteiger partial charge on any atom is 0.313 e. The normalized spacial score (nSPS) is 24.1. The maximum atomic E-state index is 10.7. The Balaban J connectivity index is 2.21. The van der Waals surface area contributed by atoms with E-state index in [4.69, 9.17) is 5.11 Å². The fourth-order valence-corrected chi connectivity index (χ4v) is 3.72. The highest BCUT2D eigenvalue weighted by Crippen LogP contribution is 2.36. The molecule has 0 aliphatic heterocycles. The number of aromatic nitrogens is 2. The highest BCUT2D eigenvalue weighted by Gasteiger charge is 2.25. The van der Waals surface area contributed by atoms with E-state index in [2.05, 4.69) is 23.4 Å². The summed E-state index contributed by atoms with van der Waals surface area (Å²) in [6, 6.07) is 0.473. The fourth-order valence-electron chi connectivity index (χ4n) is 2.92. The third kappa shape index (κ3) is 3.53. The quantitative estimate of drug-likeness (QED) is 0.678. The molecule has 2 atom stereocenters. The van der Waals surface area contributed by atoms with Gasteiger partial charge in [0.05, 0.1) is 5.75 Å². The van der Waals surface area contributed by atoms with Crippen LogP contribution in [0.15, 0.2) is 11.4 Å². The van der Waals surface area contributed by atoms with Crippen molar-refractivity contribution in [1.29, 1.82) is 0 Å². The number of aryl methyl sites for hydroxylation is 1. The first-order valence-electron chi connectivity index (χ1n) is 6.98. The zero-order valence-electron chi connectivity index (χ0n) is 11.6. The van der Waals surface area contributed by atoms with Gasteiger partial charge in [-0.25, -0.2) is 4.98 Å². The van der Waals surface area contributed by atoms with Gasteiger partial charge in [0.15, 0.2) is 5.16 Å². The highest BCUT2D eigenvalue weighted by atomic mass is 32.2. The number of hydrogen-bond acceptors (Lipinski definition) is 3. The first-order valence-corrected chi connectivity index (χ1v) is 7.96. The summed E-state index contributed by atoms with van der Waals surface area (Å²) in [6.45, 7) is 4.37. The molecule has 2 unspecified atom stereocenters. The minimum Gasteiger partial charge on any atom is -0.481 e. The lowest BCUT2D eigenvalue weighted by molar-refractivity contribution is -0.133. The Bertz CT molecular complexity index is 445. The summed E-state index contributed by atoms with van der Waals surface area (Å²) >= 11 is 1.33. The Kier molecular flexibility index (Phi) is 4.91. The molecule has 0 amide bonds. The monoisotopic (exact) mass is 282 g/mol. The van der Waals surface area contributed by atoms with Gasteiger partial charge < -0.3 is 9.67 Å². The van der Waals surface area contributed by atoms with E-state index in [0.717, 1.165) is 10.9 Å². The van der Waals surface area contributed by atoms with E-state index in [1.54, 1.807) is 0 Å². The predicted molar refractivity (Wildman–Crippen MR) is 76.6 cm³/mol. The minimum absolute atomic E-state index is 0.0809.